The SMILES string of the molecule is Cc1c(NC(=O)C2CCCOC2)cccc1C(=O)O. The molecular formula is C14H17NO4. The molecule has 102 valence electrons. The van der Waals surface area contributed by atoms with E-state index in [1.54, 1.807) is 19.1 Å². The fourth-order valence-electron chi connectivity index (χ4n) is 2.19. The molecule has 1 atom stereocenters. The van der Waals surface area contributed by atoms with Crippen LogP contribution >= 0.6 is 0 Å². The maximum Gasteiger partial charge on any atom is 0.336 e. The Balaban J connectivity index is 2.12. The largest absolute Gasteiger partial charge is 0.478 e. The van der Waals surface area contributed by atoms with Gasteiger partial charge in [0.15, 0.2) is 0 Å². The first-order chi connectivity index (χ1) is 9.09. The third-order valence-corrected chi connectivity index (χ3v) is 3.35. The van der Waals surface area contributed by atoms with Gasteiger partial charge >= 0.3 is 5.97 Å². The summed E-state index contributed by atoms with van der Waals surface area (Å²) < 4.78 is 5.28. The molecule has 0 spiro atoms. The lowest BCUT2D eigenvalue weighted by molar-refractivity contribution is -0.123. The van der Waals surface area contributed by atoms with Crippen molar-refractivity contribution in [1.29, 1.82) is 0 Å². The third kappa shape index (κ3) is 3.12. The summed E-state index contributed by atoms with van der Waals surface area (Å²) >= 11 is 0. The molecule has 5 heteroatoms. The van der Waals surface area contributed by atoms with E-state index in [0.717, 1.165) is 12.8 Å². The van der Waals surface area contributed by atoms with Gasteiger partial charge in [0.2, 0.25) is 5.91 Å². The van der Waals surface area contributed by atoms with Crippen molar-refractivity contribution in [3.05, 3.63) is 29.3 Å². The zero-order chi connectivity index (χ0) is 13.8. The standard InChI is InChI=1S/C14H17NO4/c1-9-11(14(17)18)5-2-6-12(9)15-13(16)10-4-3-7-19-8-10/h2,5-6,10H,3-4,7-8H2,1H3,(H,15,16)(H,17,18). The van der Waals surface area contributed by atoms with E-state index in [2.05, 4.69) is 5.32 Å². The second-order valence-corrected chi connectivity index (χ2v) is 4.69. The van der Waals surface area contributed by atoms with Gasteiger partial charge in [-0.05, 0) is 37.5 Å². The van der Waals surface area contributed by atoms with Crippen molar-refractivity contribution in [2.75, 3.05) is 18.5 Å². The molecule has 5 nitrogen and oxygen atoms in total. The molecule has 19 heavy (non-hydrogen) atoms. The number of hydrogen-bond acceptors (Lipinski definition) is 3. The topological polar surface area (TPSA) is 75.6 Å². The lowest BCUT2D eigenvalue weighted by Crippen LogP contribution is -2.30. The highest BCUT2D eigenvalue weighted by Gasteiger charge is 2.22. The fraction of sp³-hybridized carbons (Fsp3) is 0.429. The number of carboxylic acid groups (broad SMARTS) is 1. The van der Waals surface area contributed by atoms with Crippen molar-refractivity contribution in [3.8, 4) is 0 Å². The van der Waals surface area contributed by atoms with Crippen molar-refractivity contribution in [2.24, 2.45) is 5.92 Å². The molecule has 0 saturated carbocycles. The average molecular weight is 263 g/mol. The van der Waals surface area contributed by atoms with Crippen LogP contribution in [-0.4, -0.2) is 30.2 Å². The molecule has 1 fully saturated rings. The molecule has 1 aromatic rings. The quantitative estimate of drug-likeness (QED) is 0.875. The van der Waals surface area contributed by atoms with Gasteiger partial charge in [0.1, 0.15) is 0 Å². The number of carboxylic acids is 1. The summed E-state index contributed by atoms with van der Waals surface area (Å²) in [6.45, 7) is 2.83. The summed E-state index contributed by atoms with van der Waals surface area (Å²) in [5.74, 6) is -1.25. The molecule has 2 rings (SSSR count). The lowest BCUT2D eigenvalue weighted by atomic mass is 10.0. The lowest BCUT2D eigenvalue weighted by Gasteiger charge is -2.21. The minimum absolute atomic E-state index is 0.106. The van der Waals surface area contributed by atoms with Crippen LogP contribution in [-0.2, 0) is 9.53 Å². The molecule has 0 aromatic heterocycles. The number of ether oxygens (including phenoxy) is 1. The molecule has 0 radical (unpaired) electrons. The first kappa shape index (κ1) is 13.5. The van der Waals surface area contributed by atoms with E-state index in [4.69, 9.17) is 9.84 Å². The van der Waals surface area contributed by atoms with Gasteiger partial charge in [-0.2, -0.15) is 0 Å². The Morgan fingerprint density at radius 3 is 2.84 bits per heavy atom. The molecule has 1 aliphatic rings. The third-order valence-electron chi connectivity index (χ3n) is 3.35. The van der Waals surface area contributed by atoms with E-state index in [1.807, 2.05) is 0 Å². The van der Waals surface area contributed by atoms with Crippen LogP contribution in [0.4, 0.5) is 5.69 Å². The summed E-state index contributed by atoms with van der Waals surface area (Å²) in [5, 5.41) is 11.8. The molecule has 0 aliphatic carbocycles. The number of amides is 1. The molecule has 1 heterocycles. The maximum absolute atomic E-state index is 12.1. The number of hydrogen-bond donors (Lipinski definition) is 2. The van der Waals surface area contributed by atoms with Gasteiger partial charge in [0, 0.05) is 12.3 Å². The summed E-state index contributed by atoms with van der Waals surface area (Å²) in [6.07, 6.45) is 1.69. The molecule has 1 aliphatic heterocycles. The van der Waals surface area contributed by atoms with Gasteiger partial charge in [-0.3, -0.25) is 4.79 Å². The van der Waals surface area contributed by atoms with Gasteiger partial charge in [-0.1, -0.05) is 6.07 Å². The van der Waals surface area contributed by atoms with Crippen LogP contribution in [0.3, 0.4) is 0 Å². The summed E-state index contributed by atoms with van der Waals surface area (Å²) in [7, 11) is 0. The number of nitrogens with one attached hydrogen (secondary N) is 1. The van der Waals surface area contributed by atoms with Crippen LogP contribution in [0.15, 0.2) is 18.2 Å². The van der Waals surface area contributed by atoms with Gasteiger partial charge in [-0.25, -0.2) is 4.79 Å². The summed E-state index contributed by atoms with van der Waals surface area (Å²) in [4.78, 5) is 23.1. The Bertz CT molecular complexity index is 492. The highest BCUT2D eigenvalue weighted by Crippen LogP contribution is 2.21. The molecule has 1 saturated heterocycles. The highest BCUT2D eigenvalue weighted by atomic mass is 16.5. The summed E-state index contributed by atoms with van der Waals surface area (Å²) in [5.41, 5.74) is 1.33. The van der Waals surface area contributed by atoms with Gasteiger partial charge in [-0.15, -0.1) is 0 Å². The van der Waals surface area contributed by atoms with Gasteiger partial charge in [0.25, 0.3) is 0 Å². The molecule has 1 aromatic carbocycles. The average Bonchev–Trinajstić information content (AvgIpc) is 2.41. The highest BCUT2D eigenvalue weighted by molar-refractivity contribution is 5.97. The Kier molecular flexibility index (Phi) is 4.16. The van der Waals surface area contributed by atoms with Gasteiger partial charge < -0.3 is 15.2 Å². The van der Waals surface area contributed by atoms with Crippen LogP contribution in [0.5, 0.6) is 0 Å². The van der Waals surface area contributed by atoms with Crippen molar-refractivity contribution >= 4 is 17.6 Å². The van der Waals surface area contributed by atoms with Crippen LogP contribution in [0, 0.1) is 12.8 Å². The molecule has 2 N–H and O–H groups in total. The maximum atomic E-state index is 12.1. The van der Waals surface area contributed by atoms with E-state index < -0.39 is 5.97 Å². The zero-order valence-corrected chi connectivity index (χ0v) is 10.8. The van der Waals surface area contributed by atoms with E-state index in [1.165, 1.54) is 6.07 Å². The minimum atomic E-state index is -0.991. The summed E-state index contributed by atoms with van der Waals surface area (Å²) in [6, 6.07) is 4.86. The first-order valence-corrected chi connectivity index (χ1v) is 6.31. The first-order valence-electron chi connectivity index (χ1n) is 6.31. The van der Waals surface area contributed by atoms with E-state index in [-0.39, 0.29) is 17.4 Å². The number of carbonyl (C=O) groups excluding carboxylic acids is 1. The predicted molar refractivity (Wildman–Crippen MR) is 70.3 cm³/mol. The Morgan fingerprint density at radius 1 is 1.42 bits per heavy atom. The number of rotatable bonds is 3. The Hall–Kier alpha value is -1.88. The van der Waals surface area contributed by atoms with Crippen LogP contribution < -0.4 is 5.32 Å². The predicted octanol–water partition coefficient (Wildman–Crippen LogP) is 2.06. The monoisotopic (exact) mass is 263 g/mol. The van der Waals surface area contributed by atoms with Crippen LogP contribution in [0.1, 0.15) is 28.8 Å². The Labute approximate surface area is 111 Å². The molecule has 1 unspecified atom stereocenters. The van der Waals surface area contributed by atoms with Crippen molar-refractivity contribution < 1.29 is 19.4 Å². The number of anilines is 1. The van der Waals surface area contributed by atoms with Crippen LogP contribution in [0.25, 0.3) is 0 Å². The number of benzene rings is 1. The minimum Gasteiger partial charge on any atom is -0.478 e. The second-order valence-electron chi connectivity index (χ2n) is 4.69. The van der Waals surface area contributed by atoms with Crippen molar-refractivity contribution in [2.45, 2.75) is 19.8 Å². The second kappa shape index (κ2) is 5.84. The zero-order valence-electron chi connectivity index (χ0n) is 10.8. The van der Waals surface area contributed by atoms with E-state index in [9.17, 15) is 9.59 Å². The normalized spacial score (nSPS) is 18.9. The van der Waals surface area contributed by atoms with E-state index in [0.29, 0.717) is 24.5 Å². The Morgan fingerprint density at radius 2 is 2.21 bits per heavy atom. The fourth-order valence-corrected chi connectivity index (χ4v) is 2.19. The molecular weight excluding hydrogens is 246 g/mol. The van der Waals surface area contributed by atoms with Crippen molar-refractivity contribution in [1.82, 2.24) is 0 Å². The molecule has 1 amide bonds. The number of carbonyl (C=O) groups is 2. The number of aromatic carboxylic acids is 1. The molecule has 0 bridgehead atoms. The van der Waals surface area contributed by atoms with Crippen molar-refractivity contribution in [3.63, 3.8) is 0 Å². The van der Waals surface area contributed by atoms with Crippen LogP contribution in [0.2, 0.25) is 0 Å². The van der Waals surface area contributed by atoms with Gasteiger partial charge in [0.05, 0.1) is 18.1 Å². The van der Waals surface area contributed by atoms with E-state index >= 15 is 0 Å². The smallest absolute Gasteiger partial charge is 0.336 e.